The number of unbranched alkanes of at least 4 members (excludes halogenated alkanes) is 13. The highest BCUT2D eigenvalue weighted by atomic mass is 35.5. The number of anilines is 1. The topological polar surface area (TPSA) is 142 Å². The lowest BCUT2D eigenvalue weighted by molar-refractivity contribution is -0.697. The van der Waals surface area contributed by atoms with E-state index in [1.807, 2.05) is 67.9 Å². The largest absolute Gasteiger partial charge is 1.00 e. The molecule has 0 bridgehead atoms. The number of aryl methyl sites for hydroxylation is 1. The first-order valence-electron chi connectivity index (χ1n) is 22.8. The van der Waals surface area contributed by atoms with Gasteiger partial charge in [-0.2, -0.15) is 0 Å². The second kappa shape index (κ2) is 37.9. The minimum atomic E-state index is -1.01. The van der Waals surface area contributed by atoms with Crippen molar-refractivity contribution in [3.63, 3.8) is 0 Å². The quantitative estimate of drug-likeness (QED) is 0.0319. The van der Waals surface area contributed by atoms with Crippen molar-refractivity contribution < 1.29 is 37.1 Å². The maximum absolute atomic E-state index is 10.4. The predicted molar refractivity (Wildman–Crippen MR) is 264 cm³/mol. The zero-order chi connectivity index (χ0) is 46.5. The number of aromatic nitrogens is 4. The van der Waals surface area contributed by atoms with E-state index in [1.54, 1.807) is 36.7 Å². The minimum Gasteiger partial charge on any atom is -1.00 e. The third-order valence-corrected chi connectivity index (χ3v) is 10.4. The Hall–Kier alpha value is -5.42. The van der Waals surface area contributed by atoms with Gasteiger partial charge in [-0.05, 0) is 66.4 Å². The van der Waals surface area contributed by atoms with E-state index >= 15 is 0 Å². The Morgan fingerprint density at radius 1 is 0.692 bits per heavy atom. The van der Waals surface area contributed by atoms with E-state index in [9.17, 15) is 4.79 Å². The average Bonchev–Trinajstić information content (AvgIpc) is 3.83. The highest BCUT2D eigenvalue weighted by Crippen LogP contribution is 2.17. The van der Waals surface area contributed by atoms with E-state index in [4.69, 9.17) is 32.7 Å². The number of carbonyl (C=O) groups is 1. The molecule has 3 aromatic heterocycles. The molecule has 0 amide bonds. The molecule has 12 heteroatoms. The summed E-state index contributed by atoms with van der Waals surface area (Å²) in [5.74, 6) is 0.322. The van der Waals surface area contributed by atoms with Gasteiger partial charge in [0.05, 0.1) is 6.33 Å². The molecule has 6 aromatic rings. The van der Waals surface area contributed by atoms with Gasteiger partial charge in [-0.15, -0.1) is 0 Å². The Balaban J connectivity index is 0.000000425. The molecule has 10 nitrogen and oxygen atoms in total. The van der Waals surface area contributed by atoms with Crippen molar-refractivity contribution in [2.75, 3.05) is 19.0 Å². The molecular weight excluding hydrogens is 856 g/mol. The molecule has 0 spiro atoms. The summed E-state index contributed by atoms with van der Waals surface area (Å²) in [7, 11) is 3.95. The van der Waals surface area contributed by atoms with Crippen LogP contribution in [0.15, 0.2) is 153 Å². The van der Waals surface area contributed by atoms with E-state index in [-0.39, 0.29) is 30.3 Å². The Labute approximate surface area is 400 Å². The summed E-state index contributed by atoms with van der Waals surface area (Å²) < 4.78 is 4.34. The van der Waals surface area contributed by atoms with Crippen LogP contribution in [0.2, 0.25) is 5.02 Å². The van der Waals surface area contributed by atoms with Gasteiger partial charge in [0, 0.05) is 62.8 Å². The highest BCUT2D eigenvalue weighted by molar-refractivity contribution is 6.31. The summed E-state index contributed by atoms with van der Waals surface area (Å²) in [5.41, 5.74) is 7.42. The summed E-state index contributed by atoms with van der Waals surface area (Å²) in [4.78, 5) is 20.5. The number of nitrogens with zero attached hydrogens (tertiary/aromatic N) is 5. The molecule has 354 valence electrons. The number of hydrogen-bond donors (Lipinski definition) is 4. The van der Waals surface area contributed by atoms with Crippen molar-refractivity contribution >= 4 is 23.4 Å². The lowest BCUT2D eigenvalue weighted by atomic mass is 10.0. The van der Waals surface area contributed by atoms with E-state index in [0.717, 1.165) is 17.9 Å². The molecular formula is C53H74Cl2N6O4. The number of phenolic OH excluding ortho intramolecular Hbond substituents is 2. The maximum Gasteiger partial charge on any atom is 0.320 e. The van der Waals surface area contributed by atoms with Crippen molar-refractivity contribution in [3.8, 4) is 11.5 Å². The predicted octanol–water partition coefficient (Wildman–Crippen LogP) is 8.93. The van der Waals surface area contributed by atoms with Gasteiger partial charge in [0.15, 0.2) is 12.4 Å². The summed E-state index contributed by atoms with van der Waals surface area (Å²) in [6.07, 6.45) is 32.1. The van der Waals surface area contributed by atoms with Crippen LogP contribution in [0.5, 0.6) is 11.5 Å². The molecule has 65 heavy (non-hydrogen) atoms. The Bertz CT molecular complexity index is 1950. The molecule has 6 rings (SSSR count). The number of halogens is 2. The molecule has 0 saturated carbocycles. The number of carboxylic acids is 1. The smallest absolute Gasteiger partial charge is 0.320 e. The van der Waals surface area contributed by atoms with Crippen molar-refractivity contribution in [1.82, 2.24) is 14.5 Å². The average molecular weight is 930 g/mol. The SMILES string of the molecule is CCCCCCCCCCCCCCCC[n+]1ccccc1.CN(C)c1ccccn1.NC(Cc1ccccc1Cl)C(=O)O.Oc1ccc(O)cc1.[Cl-].c1ccc(Cn2ccnc2)cc1. The van der Waals surface area contributed by atoms with Crippen molar-refractivity contribution in [2.45, 2.75) is 122 Å². The van der Waals surface area contributed by atoms with Gasteiger partial charge in [0.25, 0.3) is 0 Å². The molecule has 1 atom stereocenters. The molecule has 0 fully saturated rings. The zero-order valence-electron chi connectivity index (χ0n) is 38.9. The van der Waals surface area contributed by atoms with Crippen molar-refractivity contribution in [3.05, 3.63) is 169 Å². The normalized spacial score (nSPS) is 10.4. The van der Waals surface area contributed by atoms with E-state index in [2.05, 4.69) is 68.8 Å². The van der Waals surface area contributed by atoms with E-state index in [1.165, 1.54) is 126 Å². The first-order valence-corrected chi connectivity index (χ1v) is 23.2. The molecule has 0 aliphatic heterocycles. The molecule has 0 radical (unpaired) electrons. The van der Waals surface area contributed by atoms with Gasteiger partial charge in [-0.1, -0.05) is 156 Å². The number of benzene rings is 3. The van der Waals surface area contributed by atoms with E-state index < -0.39 is 12.0 Å². The molecule has 3 aromatic carbocycles. The van der Waals surface area contributed by atoms with Crippen LogP contribution >= 0.6 is 11.6 Å². The number of pyridine rings is 2. The van der Waals surface area contributed by atoms with Crippen LogP contribution in [0.3, 0.4) is 0 Å². The number of carboxylic acid groups (broad SMARTS) is 1. The highest BCUT2D eigenvalue weighted by Gasteiger charge is 2.13. The number of hydrogen-bond acceptors (Lipinski definition) is 7. The number of imidazole rings is 1. The fraction of sp³-hybridized carbons (Fsp3) is 0.396. The Morgan fingerprint density at radius 3 is 1.66 bits per heavy atom. The molecule has 1 unspecified atom stereocenters. The van der Waals surface area contributed by atoms with Crippen LogP contribution < -0.4 is 27.6 Å². The standard InChI is InChI=1S/C21H38N.C10H10N2.C9H10ClNO2.C7H10N2.C6H6O2.ClH/c1-2-3-4-5-6-7-8-9-10-11-12-13-14-16-19-22-20-17-15-18-21-22;1-2-4-10(5-3-1)8-12-7-6-11-9-12;10-7-4-2-1-3-6(7)5-8(11)9(12)13;1-9(2)7-5-3-4-6-8-7;7-5-1-2-6(8)4-3-5;/h15,17-18,20-21H,2-14,16,19H2,1H3;1-7,9H,8H2;1-4,8H,5,11H2,(H,12,13);3-6H,1-2H3;1-4,7-8H;1H/q+1;;;;;/p-1. The van der Waals surface area contributed by atoms with Gasteiger partial charge < -0.3 is 42.9 Å². The number of aliphatic carboxylic acids is 1. The van der Waals surface area contributed by atoms with Crippen LogP contribution in [0.1, 0.15) is 108 Å². The second-order valence-electron chi connectivity index (χ2n) is 15.8. The lowest BCUT2D eigenvalue weighted by Crippen LogP contribution is -3.00. The summed E-state index contributed by atoms with van der Waals surface area (Å²) in [5, 5.41) is 26.4. The summed E-state index contributed by atoms with van der Waals surface area (Å²) >= 11 is 5.82. The molecule has 0 aliphatic carbocycles. The van der Waals surface area contributed by atoms with Crippen LogP contribution in [0, 0.1) is 0 Å². The summed E-state index contributed by atoms with van der Waals surface area (Å²) in [6, 6.07) is 34.4. The van der Waals surface area contributed by atoms with Crippen LogP contribution in [0.4, 0.5) is 5.82 Å². The number of aromatic hydroxyl groups is 2. The number of nitrogens with two attached hydrogens (primary N) is 1. The fourth-order valence-corrected chi connectivity index (χ4v) is 6.52. The Morgan fingerprint density at radius 2 is 1.20 bits per heavy atom. The van der Waals surface area contributed by atoms with Gasteiger partial charge in [-0.25, -0.2) is 14.5 Å². The van der Waals surface area contributed by atoms with Crippen molar-refractivity contribution in [1.29, 1.82) is 0 Å². The second-order valence-corrected chi connectivity index (χ2v) is 16.2. The number of phenols is 2. The van der Waals surface area contributed by atoms with Crippen LogP contribution in [-0.2, 0) is 24.3 Å². The summed E-state index contributed by atoms with van der Waals surface area (Å²) in [6.45, 7) is 4.38. The zero-order valence-corrected chi connectivity index (χ0v) is 40.4. The maximum atomic E-state index is 10.4. The first kappa shape index (κ1) is 57.6. The van der Waals surface area contributed by atoms with Gasteiger partial charge >= 0.3 is 5.97 Å². The molecule has 0 aliphatic rings. The Kier molecular flexibility index (Phi) is 33.6. The lowest BCUT2D eigenvalue weighted by Gasteiger charge is -2.08. The third-order valence-electron chi connectivity index (χ3n) is 9.99. The third kappa shape index (κ3) is 30.4. The number of rotatable bonds is 21. The minimum absolute atomic E-state index is 0. The monoisotopic (exact) mass is 929 g/mol. The van der Waals surface area contributed by atoms with Gasteiger partial charge in [-0.3, -0.25) is 4.79 Å². The van der Waals surface area contributed by atoms with Crippen LogP contribution in [-0.4, -0.2) is 56.0 Å². The van der Waals surface area contributed by atoms with Crippen molar-refractivity contribution in [2.24, 2.45) is 5.73 Å². The fourth-order valence-electron chi connectivity index (χ4n) is 6.31. The molecule has 0 saturated heterocycles. The van der Waals surface area contributed by atoms with Crippen LogP contribution in [0.25, 0.3) is 0 Å². The molecule has 3 heterocycles. The van der Waals surface area contributed by atoms with Gasteiger partial charge in [0.1, 0.15) is 29.9 Å². The van der Waals surface area contributed by atoms with Gasteiger partial charge in [0.2, 0.25) is 0 Å². The van der Waals surface area contributed by atoms with E-state index in [0.29, 0.717) is 5.02 Å². The molecule has 5 N–H and O–H groups in total. The first-order chi connectivity index (χ1) is 31.1.